The van der Waals surface area contributed by atoms with Gasteiger partial charge in [-0.2, -0.15) is 0 Å². The van der Waals surface area contributed by atoms with E-state index in [2.05, 4.69) is 17.0 Å². The second kappa shape index (κ2) is 29.1. The van der Waals surface area contributed by atoms with Gasteiger partial charge in [0.15, 0.2) is 24.3 Å². The van der Waals surface area contributed by atoms with Crippen LogP contribution in [-0.4, -0.2) is 177 Å². The van der Waals surface area contributed by atoms with E-state index in [0.717, 1.165) is 25.5 Å². The summed E-state index contributed by atoms with van der Waals surface area (Å²) in [4.78, 5) is 81.4. The zero-order valence-electron chi connectivity index (χ0n) is 44.7. The number of cyclic esters (lactones) is 1. The minimum absolute atomic E-state index is 0.0219. The summed E-state index contributed by atoms with van der Waals surface area (Å²) in [5.41, 5.74) is -0.0957. The molecule has 19 nitrogen and oxygen atoms in total. The molecule has 0 aliphatic carbocycles. The van der Waals surface area contributed by atoms with Crippen molar-refractivity contribution in [1.82, 2.24) is 9.80 Å². The lowest BCUT2D eigenvalue weighted by Crippen LogP contribution is -2.66. The number of unbranched alkanes of at least 4 members (excludes halogenated alkanes) is 1. The Labute approximate surface area is 426 Å². The molecule has 0 amide bonds. The summed E-state index contributed by atoms with van der Waals surface area (Å²) >= 11 is 0. The maximum absolute atomic E-state index is 13.9. The van der Waals surface area contributed by atoms with E-state index in [-0.39, 0.29) is 38.0 Å². The highest BCUT2D eigenvalue weighted by Gasteiger charge is 2.54. The van der Waals surface area contributed by atoms with Crippen molar-refractivity contribution in [3.05, 3.63) is 35.9 Å². The number of methoxy groups -OCH3 is 1. The quantitative estimate of drug-likeness (QED) is 0.0822. The number of aliphatic hydroxyl groups excluding tert-OH is 1. The van der Waals surface area contributed by atoms with E-state index in [1.165, 1.54) is 26.5 Å². The van der Waals surface area contributed by atoms with Gasteiger partial charge in [-0.1, -0.05) is 51.1 Å². The van der Waals surface area contributed by atoms with Crippen LogP contribution in [0.5, 0.6) is 0 Å². The second-order valence-electron chi connectivity index (χ2n) is 20.1. The largest absolute Gasteiger partial charge is 0.463 e. The third-order valence-electron chi connectivity index (χ3n) is 13.9. The van der Waals surface area contributed by atoms with Gasteiger partial charge in [0.1, 0.15) is 42.9 Å². The number of nitrogens with zero attached hydrogens (tertiary/aromatic N) is 2. The van der Waals surface area contributed by atoms with Gasteiger partial charge in [-0.15, -0.1) is 0 Å². The zero-order chi connectivity index (χ0) is 53.3. The number of hydrogen-bond donors (Lipinski definition) is 1. The van der Waals surface area contributed by atoms with Crippen molar-refractivity contribution >= 4 is 36.1 Å². The maximum Gasteiger partial charge on any atom is 0.309 e. The van der Waals surface area contributed by atoms with Crippen LogP contribution in [0.25, 0.3) is 0 Å². The third-order valence-corrected chi connectivity index (χ3v) is 13.9. The highest BCUT2D eigenvalue weighted by molar-refractivity contribution is 5.73. The molecular formula is C53H84N2O17. The van der Waals surface area contributed by atoms with Crippen molar-refractivity contribution < 1.29 is 81.2 Å². The molecular weight excluding hydrogens is 937 g/mol. The number of aryl methyl sites for hydroxylation is 1. The molecule has 0 saturated carbocycles. The van der Waals surface area contributed by atoms with E-state index in [1.807, 2.05) is 25.1 Å². The Morgan fingerprint density at radius 2 is 1.56 bits per heavy atom. The number of ether oxygens (including phenoxy) is 10. The molecule has 72 heavy (non-hydrogen) atoms. The lowest BCUT2D eigenvalue weighted by molar-refractivity contribution is -0.344. The van der Waals surface area contributed by atoms with Crippen LogP contribution in [0.15, 0.2) is 30.3 Å². The Bertz CT molecular complexity index is 1870. The molecule has 4 rings (SSSR count). The molecule has 1 N–H and O–H groups in total. The van der Waals surface area contributed by atoms with E-state index >= 15 is 0 Å². The van der Waals surface area contributed by atoms with Crippen LogP contribution < -0.4 is 0 Å². The molecule has 408 valence electrons. The summed E-state index contributed by atoms with van der Waals surface area (Å²) in [7, 11) is 4.88. The highest BCUT2D eigenvalue weighted by atomic mass is 16.7. The van der Waals surface area contributed by atoms with Gasteiger partial charge in [-0.05, 0) is 97.8 Å². The summed E-state index contributed by atoms with van der Waals surface area (Å²) in [5, 5.41) is 12.4. The first kappa shape index (κ1) is 60.5. The fraction of sp³-hybridized carbons (Fsp3) is 0.774. The minimum atomic E-state index is -1.45. The van der Waals surface area contributed by atoms with Gasteiger partial charge < -0.3 is 62.2 Å². The van der Waals surface area contributed by atoms with Crippen LogP contribution in [0, 0.1) is 11.8 Å². The topological polar surface area (TPSA) is 221 Å². The van der Waals surface area contributed by atoms with Gasteiger partial charge in [-0.3, -0.25) is 28.9 Å². The molecule has 1 aromatic rings. The fourth-order valence-corrected chi connectivity index (χ4v) is 10.3. The first-order valence-corrected chi connectivity index (χ1v) is 25.8. The molecule has 16 atom stereocenters. The van der Waals surface area contributed by atoms with Crippen LogP contribution in [0.2, 0.25) is 0 Å². The SMILES string of the molecule is CCC(=O)OC1C(C)OC(OC2C(C)OC(O[C@@H]3C(OC)[C@H](OC(=O)CC)CC(=O)O[C@H](C)CCN(CCCCc4ccccc4)C[C@H](OC(C)=O)[C@H](C)C[C@@H]3CC=O)C(O)C2N(C)C)CC1(C)OC(C)=O. The molecule has 10 unspecified atom stereocenters. The maximum atomic E-state index is 13.9. The minimum Gasteiger partial charge on any atom is -0.463 e. The predicted octanol–water partition coefficient (Wildman–Crippen LogP) is 5.12. The van der Waals surface area contributed by atoms with Crippen LogP contribution >= 0.6 is 0 Å². The molecule has 0 aromatic heterocycles. The molecule has 0 bridgehead atoms. The van der Waals surface area contributed by atoms with Crippen molar-refractivity contribution in [2.24, 2.45) is 11.8 Å². The van der Waals surface area contributed by atoms with Gasteiger partial charge >= 0.3 is 29.8 Å². The molecule has 3 saturated heterocycles. The van der Waals surface area contributed by atoms with Crippen molar-refractivity contribution in [2.75, 3.05) is 40.8 Å². The number of hydrogen-bond acceptors (Lipinski definition) is 19. The number of aldehydes is 1. The summed E-state index contributed by atoms with van der Waals surface area (Å²) in [6.45, 7) is 16.3. The van der Waals surface area contributed by atoms with Gasteiger partial charge in [0.25, 0.3) is 0 Å². The Balaban J connectivity index is 1.72. The standard InChI is InChI=1S/C53H84N2O17/c1-13-42(59)68-40-29-44(61)64-33(4)23-26-55(25-19-18-22-38-20-16-15-17-21-38)31-41(67-36(7)57)32(3)28-39(24-27-56)49(50(40)63-12)71-52-47(62)46(54(10)11)48(34(5)66-52)70-45-30-53(9,72-37(8)58)51(35(6)65-45)69-43(60)14-2/h15-17,20-21,27,32-35,39-41,45-52,62H,13-14,18-19,22-26,28-31H2,1-12H3/t32-,33-,34?,35?,39+,40-,41+,45?,46?,47?,48?,49+,50?,51?,52?,53?/m1/s1. The molecule has 3 heterocycles. The van der Waals surface area contributed by atoms with Crippen LogP contribution in [0.3, 0.4) is 0 Å². The van der Waals surface area contributed by atoms with E-state index < -0.39 is 127 Å². The first-order valence-electron chi connectivity index (χ1n) is 25.8. The fourth-order valence-electron chi connectivity index (χ4n) is 10.3. The lowest BCUT2D eigenvalue weighted by Gasteiger charge is -2.50. The number of likely N-dealkylation sites (N-methyl/N-ethyl adjacent to an activating group) is 1. The number of benzene rings is 1. The molecule has 0 radical (unpaired) electrons. The van der Waals surface area contributed by atoms with E-state index in [0.29, 0.717) is 26.1 Å². The van der Waals surface area contributed by atoms with Gasteiger partial charge in [-0.25, -0.2) is 0 Å². The monoisotopic (exact) mass is 1020 g/mol. The Morgan fingerprint density at radius 1 is 0.875 bits per heavy atom. The smallest absolute Gasteiger partial charge is 0.309 e. The van der Waals surface area contributed by atoms with Crippen molar-refractivity contribution in [1.29, 1.82) is 0 Å². The van der Waals surface area contributed by atoms with Gasteiger partial charge in [0, 0.05) is 59.7 Å². The zero-order valence-corrected chi connectivity index (χ0v) is 44.7. The van der Waals surface area contributed by atoms with E-state index in [1.54, 1.807) is 60.5 Å². The van der Waals surface area contributed by atoms with Crippen molar-refractivity contribution in [2.45, 2.75) is 212 Å². The predicted molar refractivity (Wildman–Crippen MR) is 262 cm³/mol. The van der Waals surface area contributed by atoms with Gasteiger partial charge in [0.2, 0.25) is 0 Å². The molecule has 3 aliphatic heterocycles. The summed E-state index contributed by atoms with van der Waals surface area (Å²) in [6, 6.07) is 9.40. The Kier molecular flexibility index (Phi) is 24.5. The number of esters is 5. The Morgan fingerprint density at radius 3 is 2.17 bits per heavy atom. The first-order chi connectivity index (χ1) is 34.1. The third kappa shape index (κ3) is 17.8. The van der Waals surface area contributed by atoms with Crippen LogP contribution in [0.4, 0.5) is 0 Å². The molecule has 3 fully saturated rings. The van der Waals surface area contributed by atoms with Crippen LogP contribution in [0.1, 0.15) is 126 Å². The van der Waals surface area contributed by atoms with Crippen LogP contribution in [-0.2, 0) is 82.6 Å². The van der Waals surface area contributed by atoms with Gasteiger partial charge in [0.05, 0.1) is 30.8 Å². The highest BCUT2D eigenvalue weighted by Crippen LogP contribution is 2.39. The molecule has 19 heteroatoms. The average Bonchev–Trinajstić information content (AvgIpc) is 3.30. The number of rotatable bonds is 19. The second-order valence-corrected chi connectivity index (χ2v) is 20.1. The summed E-state index contributed by atoms with van der Waals surface area (Å²) in [5.74, 6) is -3.94. The summed E-state index contributed by atoms with van der Waals surface area (Å²) in [6.07, 6.45) is -8.51. The van der Waals surface area contributed by atoms with Crippen molar-refractivity contribution in [3.63, 3.8) is 0 Å². The Hall–Kier alpha value is -4.08. The number of carbonyl (C=O) groups excluding carboxylic acids is 6. The number of aliphatic hydroxyl groups is 1. The van der Waals surface area contributed by atoms with E-state index in [9.17, 15) is 33.9 Å². The normalized spacial score (nSPS) is 34.4. The summed E-state index contributed by atoms with van der Waals surface area (Å²) < 4.78 is 61.9. The molecule has 3 aliphatic rings. The average molecular weight is 1020 g/mol. The number of carbonyl (C=O) groups is 6. The lowest BCUT2D eigenvalue weighted by atomic mass is 9.82. The molecule has 1 aromatic carbocycles. The molecule has 0 spiro atoms. The van der Waals surface area contributed by atoms with E-state index in [4.69, 9.17) is 47.4 Å². The van der Waals surface area contributed by atoms with Crippen molar-refractivity contribution in [3.8, 4) is 0 Å².